The first kappa shape index (κ1) is 16.0. The van der Waals surface area contributed by atoms with Gasteiger partial charge in [0.2, 0.25) is 0 Å². The highest BCUT2D eigenvalue weighted by atomic mass is 35.5. The maximum atomic E-state index is 6.35. The SMILES string of the molecule is CCNC(c1sccc1Cl)C(CC)(CC)N(C)C. The van der Waals surface area contributed by atoms with Crippen LogP contribution in [-0.2, 0) is 0 Å². The van der Waals surface area contributed by atoms with E-state index in [-0.39, 0.29) is 5.54 Å². The molecule has 0 spiro atoms. The Balaban J connectivity index is 3.21. The smallest absolute Gasteiger partial charge is 0.0616 e. The third kappa shape index (κ3) is 2.90. The third-order valence-corrected chi connectivity index (χ3v) is 5.39. The van der Waals surface area contributed by atoms with Gasteiger partial charge in [-0.25, -0.2) is 0 Å². The lowest BCUT2D eigenvalue weighted by Crippen LogP contribution is -2.53. The minimum Gasteiger partial charge on any atom is -0.308 e. The van der Waals surface area contributed by atoms with Crippen LogP contribution >= 0.6 is 22.9 Å². The molecule has 18 heavy (non-hydrogen) atoms. The van der Waals surface area contributed by atoms with Gasteiger partial charge in [0, 0.05) is 10.4 Å². The first-order valence-corrected chi connectivity index (χ1v) is 7.92. The Hall–Kier alpha value is -0.0900. The largest absolute Gasteiger partial charge is 0.308 e. The monoisotopic (exact) mass is 288 g/mol. The van der Waals surface area contributed by atoms with Crippen LogP contribution in [0, 0.1) is 0 Å². The Morgan fingerprint density at radius 1 is 1.33 bits per heavy atom. The average molecular weight is 289 g/mol. The lowest BCUT2D eigenvalue weighted by Gasteiger charge is -2.45. The van der Waals surface area contributed by atoms with E-state index in [1.165, 1.54) is 4.88 Å². The average Bonchev–Trinajstić information content (AvgIpc) is 2.75. The molecule has 0 saturated carbocycles. The quantitative estimate of drug-likeness (QED) is 0.810. The Labute approximate surface area is 120 Å². The topological polar surface area (TPSA) is 15.3 Å². The van der Waals surface area contributed by atoms with E-state index in [1.807, 2.05) is 6.07 Å². The number of hydrogen-bond donors (Lipinski definition) is 1. The molecule has 1 atom stereocenters. The van der Waals surface area contributed by atoms with Gasteiger partial charge in [0.1, 0.15) is 0 Å². The van der Waals surface area contributed by atoms with E-state index in [2.05, 4.69) is 50.5 Å². The fraction of sp³-hybridized carbons (Fsp3) is 0.714. The normalized spacial score (nSPS) is 14.2. The molecule has 1 rings (SSSR count). The predicted molar refractivity (Wildman–Crippen MR) is 82.7 cm³/mol. The minimum absolute atomic E-state index is 0.116. The molecule has 0 saturated heterocycles. The number of rotatable bonds is 7. The molecule has 2 nitrogen and oxygen atoms in total. The first-order valence-electron chi connectivity index (χ1n) is 6.67. The summed E-state index contributed by atoms with van der Waals surface area (Å²) in [5.41, 5.74) is 0.116. The lowest BCUT2D eigenvalue weighted by molar-refractivity contribution is 0.0904. The second-order valence-corrected chi connectivity index (χ2v) is 6.18. The Bertz CT molecular complexity index is 358. The summed E-state index contributed by atoms with van der Waals surface area (Å²) < 4.78 is 0. The second-order valence-electron chi connectivity index (χ2n) is 4.83. The Morgan fingerprint density at radius 3 is 2.28 bits per heavy atom. The first-order chi connectivity index (χ1) is 8.53. The van der Waals surface area contributed by atoms with Gasteiger partial charge in [0.25, 0.3) is 0 Å². The van der Waals surface area contributed by atoms with Crippen LogP contribution in [-0.4, -0.2) is 31.1 Å². The lowest BCUT2D eigenvalue weighted by atomic mass is 9.82. The molecule has 0 bridgehead atoms. The maximum absolute atomic E-state index is 6.35. The van der Waals surface area contributed by atoms with E-state index in [1.54, 1.807) is 11.3 Å². The van der Waals surface area contributed by atoms with E-state index in [0.29, 0.717) is 6.04 Å². The summed E-state index contributed by atoms with van der Waals surface area (Å²) in [6.07, 6.45) is 2.20. The second kappa shape index (κ2) is 6.90. The van der Waals surface area contributed by atoms with Gasteiger partial charge in [-0.1, -0.05) is 32.4 Å². The number of halogens is 1. The van der Waals surface area contributed by atoms with Gasteiger partial charge in [0.05, 0.1) is 11.1 Å². The summed E-state index contributed by atoms with van der Waals surface area (Å²) in [6, 6.07) is 2.29. The summed E-state index contributed by atoms with van der Waals surface area (Å²) in [6.45, 7) is 7.62. The van der Waals surface area contributed by atoms with Crippen molar-refractivity contribution in [3.05, 3.63) is 21.3 Å². The van der Waals surface area contributed by atoms with Crippen LogP contribution in [0.3, 0.4) is 0 Å². The van der Waals surface area contributed by atoms with Crippen LogP contribution in [0.4, 0.5) is 0 Å². The standard InChI is InChI=1S/C14H25ClN2S/c1-6-14(7-2,17(4)5)13(16-8-3)12-11(15)9-10-18-12/h9-10,13,16H,6-8H2,1-5H3. The fourth-order valence-electron chi connectivity index (χ4n) is 2.79. The molecule has 1 aromatic rings. The van der Waals surface area contributed by atoms with E-state index in [0.717, 1.165) is 24.4 Å². The van der Waals surface area contributed by atoms with Crippen molar-refractivity contribution in [2.24, 2.45) is 0 Å². The molecule has 1 N–H and O–H groups in total. The van der Waals surface area contributed by atoms with Gasteiger partial charge in [-0.2, -0.15) is 0 Å². The predicted octanol–water partition coefficient (Wildman–Crippen LogP) is 4.17. The van der Waals surface area contributed by atoms with Crippen molar-refractivity contribution in [3.8, 4) is 0 Å². The van der Waals surface area contributed by atoms with E-state index >= 15 is 0 Å². The molecule has 4 heteroatoms. The van der Waals surface area contributed by atoms with Gasteiger partial charge >= 0.3 is 0 Å². The minimum atomic E-state index is 0.116. The zero-order valence-electron chi connectivity index (χ0n) is 12.1. The Morgan fingerprint density at radius 2 is 1.94 bits per heavy atom. The van der Waals surface area contributed by atoms with Gasteiger partial charge in [-0.15, -0.1) is 11.3 Å². The zero-order valence-corrected chi connectivity index (χ0v) is 13.7. The molecule has 0 aliphatic carbocycles. The van der Waals surface area contributed by atoms with Crippen molar-refractivity contribution in [2.45, 2.75) is 45.2 Å². The number of likely N-dealkylation sites (N-methyl/N-ethyl adjacent to an activating group) is 2. The molecule has 104 valence electrons. The van der Waals surface area contributed by atoms with Gasteiger partial charge < -0.3 is 10.2 Å². The van der Waals surface area contributed by atoms with E-state index in [9.17, 15) is 0 Å². The zero-order chi connectivity index (χ0) is 13.8. The van der Waals surface area contributed by atoms with Crippen LogP contribution < -0.4 is 5.32 Å². The highest BCUT2D eigenvalue weighted by Crippen LogP contribution is 2.41. The van der Waals surface area contributed by atoms with Crippen molar-refractivity contribution in [3.63, 3.8) is 0 Å². The Kier molecular flexibility index (Phi) is 6.12. The van der Waals surface area contributed by atoms with Crippen molar-refractivity contribution < 1.29 is 0 Å². The van der Waals surface area contributed by atoms with Crippen LogP contribution in [0.2, 0.25) is 5.02 Å². The van der Waals surface area contributed by atoms with Crippen LogP contribution in [0.25, 0.3) is 0 Å². The van der Waals surface area contributed by atoms with E-state index in [4.69, 9.17) is 11.6 Å². The molecular weight excluding hydrogens is 264 g/mol. The van der Waals surface area contributed by atoms with Crippen molar-refractivity contribution in [1.82, 2.24) is 10.2 Å². The molecule has 0 aromatic carbocycles. The summed E-state index contributed by atoms with van der Waals surface area (Å²) in [5.74, 6) is 0. The fourth-order valence-corrected chi connectivity index (χ4v) is 4.14. The summed E-state index contributed by atoms with van der Waals surface area (Å²) in [5, 5.41) is 6.60. The van der Waals surface area contributed by atoms with Gasteiger partial charge in [0.15, 0.2) is 0 Å². The molecule has 1 aromatic heterocycles. The summed E-state index contributed by atoms with van der Waals surface area (Å²) in [4.78, 5) is 3.60. The molecule has 0 aliphatic heterocycles. The maximum Gasteiger partial charge on any atom is 0.0616 e. The van der Waals surface area contributed by atoms with E-state index < -0.39 is 0 Å². The molecule has 1 heterocycles. The molecule has 0 fully saturated rings. The molecule has 0 amide bonds. The third-order valence-electron chi connectivity index (χ3n) is 3.97. The molecule has 0 radical (unpaired) electrons. The van der Waals surface area contributed by atoms with Crippen LogP contribution in [0.15, 0.2) is 11.4 Å². The van der Waals surface area contributed by atoms with Gasteiger partial charge in [-0.3, -0.25) is 0 Å². The van der Waals surface area contributed by atoms with Crippen molar-refractivity contribution in [2.75, 3.05) is 20.6 Å². The highest BCUT2D eigenvalue weighted by Gasteiger charge is 2.39. The number of hydrogen-bond acceptors (Lipinski definition) is 3. The number of nitrogens with zero attached hydrogens (tertiary/aromatic N) is 1. The van der Waals surface area contributed by atoms with Crippen LogP contribution in [0.5, 0.6) is 0 Å². The van der Waals surface area contributed by atoms with Gasteiger partial charge in [-0.05, 0) is 44.9 Å². The molecule has 1 unspecified atom stereocenters. The summed E-state index contributed by atoms with van der Waals surface area (Å²) in [7, 11) is 4.33. The van der Waals surface area contributed by atoms with Crippen molar-refractivity contribution in [1.29, 1.82) is 0 Å². The van der Waals surface area contributed by atoms with Crippen molar-refractivity contribution >= 4 is 22.9 Å². The molecular formula is C14H25ClN2S. The number of nitrogens with one attached hydrogen (secondary N) is 1. The summed E-state index contributed by atoms with van der Waals surface area (Å²) >= 11 is 8.10. The van der Waals surface area contributed by atoms with Crippen LogP contribution in [0.1, 0.15) is 44.5 Å². The molecule has 0 aliphatic rings. The number of thiophene rings is 1. The highest BCUT2D eigenvalue weighted by molar-refractivity contribution is 7.10.